The molecule has 0 fully saturated rings. The lowest BCUT2D eigenvalue weighted by molar-refractivity contribution is 0.257. The Morgan fingerprint density at radius 2 is 1.29 bits per heavy atom. The highest BCUT2D eigenvalue weighted by molar-refractivity contribution is 5.66. The van der Waals surface area contributed by atoms with Crippen molar-refractivity contribution in [3.63, 3.8) is 0 Å². The summed E-state index contributed by atoms with van der Waals surface area (Å²) in [6.07, 6.45) is 6.72. The van der Waals surface area contributed by atoms with Crippen molar-refractivity contribution in [2.45, 2.75) is 33.7 Å². The molecule has 0 aliphatic heterocycles. The number of benzene rings is 2. The number of hydrogen-bond acceptors (Lipinski definition) is 4. The van der Waals surface area contributed by atoms with E-state index in [0.717, 1.165) is 37.7 Å². The Morgan fingerprint density at radius 3 is 1.74 bits per heavy atom. The predicted octanol–water partition coefficient (Wildman–Crippen LogP) is 6.03. The smallest absolute Gasteiger partial charge is 0.118 e. The molecule has 31 heavy (non-hydrogen) atoms. The van der Waals surface area contributed by atoms with Crippen molar-refractivity contribution in [2.75, 3.05) is 40.4 Å². The van der Waals surface area contributed by atoms with Crippen molar-refractivity contribution in [1.29, 1.82) is 0 Å². The van der Waals surface area contributed by atoms with E-state index in [2.05, 4.69) is 80.0 Å². The molecule has 0 saturated heterocycles. The van der Waals surface area contributed by atoms with E-state index in [1.807, 2.05) is 24.3 Å². The highest BCUT2D eigenvalue weighted by atomic mass is 16.5. The summed E-state index contributed by atoms with van der Waals surface area (Å²) in [6.45, 7) is 12.7. The molecule has 0 heterocycles. The number of ether oxygens (including phenoxy) is 2. The van der Waals surface area contributed by atoms with Gasteiger partial charge in [-0.1, -0.05) is 38.1 Å². The fraction of sp³-hybridized carbons (Fsp3) is 0.407. The molecule has 0 bridgehead atoms. The van der Waals surface area contributed by atoms with Gasteiger partial charge in [0.15, 0.2) is 0 Å². The molecular weight excluding hydrogens is 384 g/mol. The Bertz CT molecular complexity index is 817. The van der Waals surface area contributed by atoms with Gasteiger partial charge in [-0.2, -0.15) is 0 Å². The normalized spacial score (nSPS) is 12.9. The van der Waals surface area contributed by atoms with Crippen LogP contribution in [0.2, 0.25) is 0 Å². The third kappa shape index (κ3) is 6.63. The molecule has 2 rings (SSSR count). The van der Waals surface area contributed by atoms with Crippen molar-refractivity contribution in [1.82, 2.24) is 9.80 Å². The summed E-state index contributed by atoms with van der Waals surface area (Å²) in [4.78, 5) is 4.84. The van der Waals surface area contributed by atoms with Gasteiger partial charge in [0.2, 0.25) is 0 Å². The summed E-state index contributed by atoms with van der Waals surface area (Å²) in [5.74, 6) is 1.76. The van der Waals surface area contributed by atoms with E-state index in [4.69, 9.17) is 9.47 Å². The molecule has 4 nitrogen and oxygen atoms in total. The monoisotopic (exact) mass is 422 g/mol. The van der Waals surface area contributed by atoms with Crippen molar-refractivity contribution in [3.05, 3.63) is 77.9 Å². The summed E-state index contributed by atoms with van der Waals surface area (Å²) < 4.78 is 10.7. The molecular formula is C27H38N2O2. The first-order chi connectivity index (χ1) is 15.1. The Morgan fingerprint density at radius 1 is 0.774 bits per heavy atom. The SMILES string of the molecule is CCN(CC)/C(=C/C=C/C(c1ccc(OC)cc1)N(CC)CC)c1ccc(OC)cc1. The van der Waals surface area contributed by atoms with E-state index < -0.39 is 0 Å². The third-order valence-electron chi connectivity index (χ3n) is 5.70. The minimum Gasteiger partial charge on any atom is -0.497 e. The average molecular weight is 423 g/mol. The van der Waals surface area contributed by atoms with Crippen molar-refractivity contribution >= 4 is 5.70 Å². The highest BCUT2D eigenvalue weighted by Crippen LogP contribution is 2.26. The topological polar surface area (TPSA) is 24.9 Å². The molecule has 0 N–H and O–H groups in total. The van der Waals surface area contributed by atoms with Gasteiger partial charge in [0.25, 0.3) is 0 Å². The van der Waals surface area contributed by atoms with Crippen LogP contribution in [0.3, 0.4) is 0 Å². The molecule has 0 spiro atoms. The van der Waals surface area contributed by atoms with Crippen LogP contribution in [0.1, 0.15) is 44.9 Å². The highest BCUT2D eigenvalue weighted by Gasteiger charge is 2.15. The number of likely N-dealkylation sites (N-methyl/N-ethyl adjacent to an activating group) is 1. The fourth-order valence-corrected chi connectivity index (χ4v) is 3.82. The zero-order valence-corrected chi connectivity index (χ0v) is 20.0. The zero-order chi connectivity index (χ0) is 22.6. The van der Waals surface area contributed by atoms with Gasteiger partial charge in [-0.3, -0.25) is 4.90 Å². The first-order valence-corrected chi connectivity index (χ1v) is 11.3. The second kappa shape index (κ2) is 12.9. The number of nitrogens with zero attached hydrogens (tertiary/aromatic N) is 2. The van der Waals surface area contributed by atoms with Crippen LogP contribution in [0.4, 0.5) is 0 Å². The van der Waals surface area contributed by atoms with Gasteiger partial charge in [0.05, 0.1) is 20.3 Å². The molecule has 0 aromatic heterocycles. The van der Waals surface area contributed by atoms with Crippen molar-refractivity contribution < 1.29 is 9.47 Å². The fourth-order valence-electron chi connectivity index (χ4n) is 3.82. The molecule has 1 atom stereocenters. The number of hydrogen-bond donors (Lipinski definition) is 0. The molecule has 0 radical (unpaired) electrons. The Hall–Kier alpha value is -2.72. The lowest BCUT2D eigenvalue weighted by Crippen LogP contribution is -2.27. The second-order valence-electron chi connectivity index (χ2n) is 7.28. The Balaban J connectivity index is 2.39. The minimum absolute atomic E-state index is 0.214. The van der Waals surface area contributed by atoms with Crippen molar-refractivity contribution in [2.24, 2.45) is 0 Å². The number of methoxy groups -OCH3 is 2. The van der Waals surface area contributed by atoms with Crippen molar-refractivity contribution in [3.8, 4) is 11.5 Å². The lowest BCUT2D eigenvalue weighted by atomic mass is 10.0. The summed E-state index contributed by atoms with van der Waals surface area (Å²) in [5.41, 5.74) is 3.68. The molecule has 4 heteroatoms. The van der Waals surface area contributed by atoms with Crippen LogP contribution in [-0.4, -0.2) is 50.2 Å². The Kier molecular flexibility index (Phi) is 10.2. The largest absolute Gasteiger partial charge is 0.497 e. The van der Waals surface area contributed by atoms with Gasteiger partial charge in [-0.05, 0) is 80.5 Å². The maximum Gasteiger partial charge on any atom is 0.118 e. The Labute approximate surface area is 188 Å². The number of rotatable bonds is 12. The van der Waals surface area contributed by atoms with Gasteiger partial charge in [0.1, 0.15) is 11.5 Å². The first-order valence-electron chi connectivity index (χ1n) is 11.3. The summed E-state index contributed by atoms with van der Waals surface area (Å²) in [5, 5.41) is 0. The quantitative estimate of drug-likeness (QED) is 0.390. The summed E-state index contributed by atoms with van der Waals surface area (Å²) in [6, 6.07) is 16.9. The molecule has 0 saturated carbocycles. The van der Waals surface area contributed by atoms with E-state index in [1.54, 1.807) is 14.2 Å². The maximum absolute atomic E-state index is 5.34. The van der Waals surface area contributed by atoms with E-state index in [9.17, 15) is 0 Å². The van der Waals surface area contributed by atoms with Crippen LogP contribution >= 0.6 is 0 Å². The first kappa shape index (κ1) is 24.5. The standard InChI is InChI=1S/C27H38N2O2/c1-7-28(8-2)26(22-14-18-24(30-5)19-15-22)12-11-13-27(29(9-3)10-4)23-16-20-25(31-6)21-17-23/h11-21,26H,7-10H2,1-6H3/b12-11+,27-13+. The summed E-state index contributed by atoms with van der Waals surface area (Å²) in [7, 11) is 3.40. The lowest BCUT2D eigenvalue weighted by Gasteiger charge is -2.28. The molecule has 168 valence electrons. The zero-order valence-electron chi connectivity index (χ0n) is 20.0. The van der Waals surface area contributed by atoms with Crippen LogP contribution in [0.25, 0.3) is 5.70 Å². The van der Waals surface area contributed by atoms with Crippen LogP contribution in [-0.2, 0) is 0 Å². The van der Waals surface area contributed by atoms with Gasteiger partial charge < -0.3 is 14.4 Å². The molecule has 2 aromatic carbocycles. The van der Waals surface area contributed by atoms with Crippen LogP contribution in [0, 0.1) is 0 Å². The van der Waals surface area contributed by atoms with E-state index in [0.29, 0.717) is 0 Å². The van der Waals surface area contributed by atoms with Gasteiger partial charge >= 0.3 is 0 Å². The van der Waals surface area contributed by atoms with E-state index in [1.165, 1.54) is 16.8 Å². The maximum atomic E-state index is 5.34. The molecule has 2 aromatic rings. The van der Waals surface area contributed by atoms with Crippen LogP contribution < -0.4 is 9.47 Å². The van der Waals surface area contributed by atoms with Gasteiger partial charge in [0, 0.05) is 18.8 Å². The predicted molar refractivity (Wildman–Crippen MR) is 132 cm³/mol. The van der Waals surface area contributed by atoms with Crippen LogP contribution in [0.5, 0.6) is 11.5 Å². The average Bonchev–Trinajstić information content (AvgIpc) is 2.83. The molecule has 0 aliphatic rings. The summed E-state index contributed by atoms with van der Waals surface area (Å²) >= 11 is 0. The minimum atomic E-state index is 0.214. The van der Waals surface area contributed by atoms with E-state index in [-0.39, 0.29) is 6.04 Å². The molecule has 0 aliphatic carbocycles. The number of allylic oxidation sites excluding steroid dienone is 2. The third-order valence-corrected chi connectivity index (χ3v) is 5.70. The molecule has 0 amide bonds. The van der Waals surface area contributed by atoms with Gasteiger partial charge in [-0.15, -0.1) is 0 Å². The van der Waals surface area contributed by atoms with E-state index >= 15 is 0 Å². The second-order valence-corrected chi connectivity index (χ2v) is 7.28. The molecule has 1 unspecified atom stereocenters. The van der Waals surface area contributed by atoms with Crippen LogP contribution in [0.15, 0.2) is 66.8 Å². The van der Waals surface area contributed by atoms with Gasteiger partial charge in [-0.25, -0.2) is 0 Å².